The van der Waals surface area contributed by atoms with Gasteiger partial charge >= 0.3 is 0 Å². The molecule has 1 aliphatic carbocycles. The van der Waals surface area contributed by atoms with Crippen LogP contribution >= 0.6 is 23.4 Å². The first-order chi connectivity index (χ1) is 7.67. The molecule has 0 spiro atoms. The number of carbonyl (C=O) groups excluding carboxylic acids is 1. The van der Waals surface area contributed by atoms with Gasteiger partial charge in [-0.15, -0.1) is 11.8 Å². The summed E-state index contributed by atoms with van der Waals surface area (Å²) in [6, 6.07) is 3.66. The molecule has 0 aromatic carbocycles. The SMILES string of the molecule is CSc1cc2c(cn1)CC(=O)C(C#N)=C2Cl. The number of allylic oxidation sites excluding steroid dienone is 1. The zero-order valence-corrected chi connectivity index (χ0v) is 10.0. The van der Waals surface area contributed by atoms with Gasteiger partial charge in [-0.2, -0.15) is 5.26 Å². The molecule has 80 valence electrons. The monoisotopic (exact) mass is 250 g/mol. The van der Waals surface area contributed by atoms with E-state index in [2.05, 4.69) is 4.98 Å². The smallest absolute Gasteiger partial charge is 0.179 e. The van der Waals surface area contributed by atoms with Gasteiger partial charge in [-0.25, -0.2) is 4.98 Å². The van der Waals surface area contributed by atoms with Crippen LogP contribution in [0.15, 0.2) is 22.9 Å². The van der Waals surface area contributed by atoms with Gasteiger partial charge in [0.05, 0.1) is 10.1 Å². The van der Waals surface area contributed by atoms with Crippen molar-refractivity contribution in [3.05, 3.63) is 29.0 Å². The molecule has 0 bridgehead atoms. The fourth-order valence-electron chi connectivity index (χ4n) is 1.55. The molecule has 1 aliphatic rings. The first-order valence-corrected chi connectivity index (χ1v) is 6.14. The Bertz CT molecular complexity index is 545. The molecule has 0 radical (unpaired) electrons. The van der Waals surface area contributed by atoms with Gasteiger partial charge in [0.25, 0.3) is 0 Å². The summed E-state index contributed by atoms with van der Waals surface area (Å²) in [4.78, 5) is 15.7. The van der Waals surface area contributed by atoms with Gasteiger partial charge in [0.15, 0.2) is 5.78 Å². The van der Waals surface area contributed by atoms with Crippen LogP contribution in [-0.2, 0) is 11.2 Å². The lowest BCUT2D eigenvalue weighted by molar-refractivity contribution is -0.114. The molecular weight excluding hydrogens is 244 g/mol. The van der Waals surface area contributed by atoms with E-state index in [1.807, 2.05) is 18.4 Å². The largest absolute Gasteiger partial charge is 0.293 e. The van der Waals surface area contributed by atoms with Crippen molar-refractivity contribution in [2.75, 3.05) is 6.26 Å². The second-order valence-electron chi connectivity index (χ2n) is 3.28. The molecule has 1 heterocycles. The average molecular weight is 251 g/mol. The molecule has 0 N–H and O–H groups in total. The summed E-state index contributed by atoms with van der Waals surface area (Å²) in [5.74, 6) is -0.237. The van der Waals surface area contributed by atoms with E-state index in [0.29, 0.717) is 0 Å². The van der Waals surface area contributed by atoms with Crippen molar-refractivity contribution < 1.29 is 4.79 Å². The van der Waals surface area contributed by atoms with Crippen LogP contribution in [0.4, 0.5) is 0 Å². The third kappa shape index (κ3) is 1.73. The summed E-state index contributed by atoms with van der Waals surface area (Å²) in [7, 11) is 0. The second kappa shape index (κ2) is 4.28. The van der Waals surface area contributed by atoms with E-state index >= 15 is 0 Å². The number of aromatic nitrogens is 1. The van der Waals surface area contributed by atoms with Crippen LogP contribution in [0.2, 0.25) is 0 Å². The Labute approximate surface area is 102 Å². The van der Waals surface area contributed by atoms with Crippen LogP contribution in [0.5, 0.6) is 0 Å². The molecule has 2 rings (SSSR count). The zero-order chi connectivity index (χ0) is 11.7. The topological polar surface area (TPSA) is 53.8 Å². The number of ketones is 1. The number of hydrogen-bond acceptors (Lipinski definition) is 4. The van der Waals surface area contributed by atoms with E-state index in [-0.39, 0.29) is 22.8 Å². The highest BCUT2D eigenvalue weighted by Gasteiger charge is 2.24. The predicted molar refractivity (Wildman–Crippen MR) is 63.1 cm³/mol. The van der Waals surface area contributed by atoms with E-state index < -0.39 is 0 Å². The molecule has 0 atom stereocenters. The maximum atomic E-state index is 11.6. The number of rotatable bonds is 1. The normalized spacial score (nSPS) is 14.7. The molecule has 1 aromatic heterocycles. The molecule has 0 aliphatic heterocycles. The van der Waals surface area contributed by atoms with E-state index in [9.17, 15) is 4.79 Å². The van der Waals surface area contributed by atoms with Crippen molar-refractivity contribution in [3.8, 4) is 6.07 Å². The first-order valence-electron chi connectivity index (χ1n) is 4.53. The summed E-state index contributed by atoms with van der Waals surface area (Å²) in [6.45, 7) is 0. The van der Waals surface area contributed by atoms with Crippen molar-refractivity contribution in [2.45, 2.75) is 11.4 Å². The summed E-state index contributed by atoms with van der Waals surface area (Å²) >= 11 is 7.53. The highest BCUT2D eigenvalue weighted by molar-refractivity contribution is 7.98. The van der Waals surface area contributed by atoms with Crippen molar-refractivity contribution in [1.82, 2.24) is 4.98 Å². The van der Waals surface area contributed by atoms with Gasteiger partial charge in [0.1, 0.15) is 11.6 Å². The van der Waals surface area contributed by atoms with Crippen LogP contribution in [0.25, 0.3) is 5.03 Å². The van der Waals surface area contributed by atoms with Crippen molar-refractivity contribution in [1.29, 1.82) is 5.26 Å². The Balaban J connectivity index is 2.64. The number of nitriles is 1. The number of nitrogens with zero attached hydrogens (tertiary/aromatic N) is 2. The lowest BCUT2D eigenvalue weighted by Gasteiger charge is -2.15. The van der Waals surface area contributed by atoms with Crippen molar-refractivity contribution in [3.63, 3.8) is 0 Å². The maximum Gasteiger partial charge on any atom is 0.179 e. The summed E-state index contributed by atoms with van der Waals surface area (Å²) in [5.41, 5.74) is 1.58. The van der Waals surface area contributed by atoms with Gasteiger partial charge in [0, 0.05) is 18.2 Å². The second-order valence-corrected chi connectivity index (χ2v) is 4.49. The Morgan fingerprint density at radius 2 is 2.38 bits per heavy atom. The Morgan fingerprint density at radius 1 is 1.62 bits per heavy atom. The average Bonchev–Trinajstić information content (AvgIpc) is 2.29. The molecule has 0 saturated heterocycles. The highest BCUT2D eigenvalue weighted by atomic mass is 35.5. The third-order valence-corrected chi connectivity index (χ3v) is 3.40. The molecule has 1 aromatic rings. The maximum absolute atomic E-state index is 11.6. The minimum absolute atomic E-state index is 0.0485. The van der Waals surface area contributed by atoms with E-state index in [0.717, 1.165) is 16.2 Å². The summed E-state index contributed by atoms with van der Waals surface area (Å²) < 4.78 is 0. The Kier molecular flexibility index (Phi) is 2.99. The quantitative estimate of drug-likeness (QED) is 0.719. The van der Waals surface area contributed by atoms with Crippen LogP contribution < -0.4 is 0 Å². The molecule has 0 saturated carbocycles. The molecule has 3 nitrogen and oxygen atoms in total. The molecule has 0 fully saturated rings. The van der Waals surface area contributed by atoms with Crippen molar-refractivity contribution >= 4 is 34.2 Å². The number of pyridine rings is 1. The van der Waals surface area contributed by atoms with Crippen LogP contribution in [0, 0.1) is 11.3 Å². The van der Waals surface area contributed by atoms with Gasteiger partial charge < -0.3 is 0 Å². The minimum Gasteiger partial charge on any atom is -0.293 e. The van der Waals surface area contributed by atoms with Crippen LogP contribution in [0.1, 0.15) is 11.1 Å². The zero-order valence-electron chi connectivity index (χ0n) is 8.45. The molecule has 0 unspecified atom stereocenters. The molecular formula is C11H7ClN2OS. The summed E-state index contributed by atoms with van der Waals surface area (Å²) in [6.07, 6.45) is 3.76. The number of Topliss-reactive ketones (excluding diaryl/α,β-unsaturated/α-hetero) is 1. The van der Waals surface area contributed by atoms with E-state index in [1.165, 1.54) is 11.8 Å². The molecule has 0 amide bonds. The lowest BCUT2D eigenvalue weighted by Crippen LogP contribution is -2.13. The number of fused-ring (bicyclic) bond motifs is 1. The molecule has 5 heteroatoms. The number of thioether (sulfide) groups is 1. The Morgan fingerprint density at radius 3 is 3.00 bits per heavy atom. The molecule has 16 heavy (non-hydrogen) atoms. The highest BCUT2D eigenvalue weighted by Crippen LogP contribution is 2.33. The number of halogens is 1. The first kappa shape index (κ1) is 11.2. The minimum atomic E-state index is -0.237. The summed E-state index contributed by atoms with van der Waals surface area (Å²) in [5, 5.41) is 9.91. The fraction of sp³-hybridized carbons (Fsp3) is 0.182. The van der Waals surface area contributed by atoms with Crippen molar-refractivity contribution in [2.24, 2.45) is 0 Å². The lowest BCUT2D eigenvalue weighted by atomic mass is 9.93. The van der Waals surface area contributed by atoms with Gasteiger partial charge in [-0.1, -0.05) is 11.6 Å². The Hall–Kier alpha value is -1.31. The predicted octanol–water partition coefficient (Wildman–Crippen LogP) is 2.40. The fourth-order valence-corrected chi connectivity index (χ4v) is 2.27. The van der Waals surface area contributed by atoms with Crippen LogP contribution in [-0.4, -0.2) is 17.0 Å². The van der Waals surface area contributed by atoms with E-state index in [1.54, 1.807) is 6.20 Å². The van der Waals surface area contributed by atoms with E-state index in [4.69, 9.17) is 16.9 Å². The standard InChI is InChI=1S/C11H7ClN2OS/c1-16-10-3-7-6(5-14-10)2-9(15)8(4-13)11(7)12/h3,5H,2H2,1H3. The van der Waals surface area contributed by atoms with Gasteiger partial charge in [-0.05, 0) is 17.9 Å². The number of hydrogen-bond donors (Lipinski definition) is 0. The third-order valence-electron chi connectivity index (χ3n) is 2.37. The van der Waals surface area contributed by atoms with Gasteiger partial charge in [-0.3, -0.25) is 4.79 Å². The number of carbonyl (C=O) groups is 1. The van der Waals surface area contributed by atoms with Gasteiger partial charge in [0.2, 0.25) is 0 Å². The van der Waals surface area contributed by atoms with Crippen LogP contribution in [0.3, 0.4) is 0 Å².